The summed E-state index contributed by atoms with van der Waals surface area (Å²) < 4.78 is 32.1. The summed E-state index contributed by atoms with van der Waals surface area (Å²) in [6.07, 6.45) is 0. The van der Waals surface area contributed by atoms with Crippen LogP contribution in [0.15, 0.2) is 82.6 Å². The Bertz CT molecular complexity index is 1300. The molecule has 0 unspecified atom stereocenters. The van der Waals surface area contributed by atoms with Crippen LogP contribution in [0.3, 0.4) is 0 Å². The van der Waals surface area contributed by atoms with Crippen molar-refractivity contribution in [1.82, 2.24) is 0 Å². The number of aliphatic hydroxyl groups is 1. The third-order valence-electron chi connectivity index (χ3n) is 4.91. The van der Waals surface area contributed by atoms with Crippen molar-refractivity contribution in [2.24, 2.45) is 0 Å². The predicted octanol–water partition coefficient (Wildman–Crippen LogP) is 3.37. The number of nitro groups is 1. The lowest BCUT2D eigenvalue weighted by atomic mass is 10.2. The van der Waals surface area contributed by atoms with Crippen molar-refractivity contribution in [3.63, 3.8) is 0 Å². The van der Waals surface area contributed by atoms with Crippen LogP contribution in [0.4, 0.5) is 11.4 Å². The molecule has 0 saturated heterocycles. The molecule has 0 saturated carbocycles. The van der Waals surface area contributed by atoms with E-state index >= 15 is 0 Å². The van der Waals surface area contributed by atoms with Gasteiger partial charge in [0, 0.05) is 12.1 Å². The van der Waals surface area contributed by atoms with Crippen molar-refractivity contribution in [3.8, 4) is 5.75 Å². The normalized spacial score (nSPS) is 11.1. The Morgan fingerprint density at radius 1 is 1.00 bits per heavy atom. The van der Waals surface area contributed by atoms with Gasteiger partial charge in [-0.15, -0.1) is 0 Å². The zero-order chi connectivity index (χ0) is 26.9. The van der Waals surface area contributed by atoms with E-state index in [9.17, 15) is 23.3 Å². The van der Waals surface area contributed by atoms with E-state index < -0.39 is 20.7 Å². The number of nitro benzene ring substituents is 1. The van der Waals surface area contributed by atoms with Gasteiger partial charge in [0.05, 0.1) is 60.8 Å². The third-order valence-corrected chi connectivity index (χ3v) is 6.73. The molecule has 11 heteroatoms. The Kier molecular flexibility index (Phi) is 9.68. The highest BCUT2D eigenvalue weighted by Crippen LogP contribution is 2.28. The number of anilines is 1. The van der Waals surface area contributed by atoms with E-state index in [4.69, 9.17) is 9.84 Å². The van der Waals surface area contributed by atoms with Crippen molar-refractivity contribution in [2.45, 2.75) is 9.79 Å². The van der Waals surface area contributed by atoms with Crippen LogP contribution in [0.1, 0.15) is 10.4 Å². The van der Waals surface area contributed by atoms with Gasteiger partial charge in [0.25, 0.3) is 11.6 Å². The molecule has 36 heavy (non-hydrogen) atoms. The molecular formula is C25H30N3O7S+. The van der Waals surface area contributed by atoms with Crippen LogP contribution in [0.2, 0.25) is 0 Å². The third kappa shape index (κ3) is 7.60. The summed E-state index contributed by atoms with van der Waals surface area (Å²) in [5.41, 5.74) is 0.102. The van der Waals surface area contributed by atoms with E-state index in [0.717, 1.165) is 35.3 Å². The molecule has 192 valence electrons. The topological polar surface area (TPSA) is 136 Å². The van der Waals surface area contributed by atoms with E-state index in [1.54, 1.807) is 30.3 Å². The number of non-ortho nitro benzene ring substituents is 1. The summed E-state index contributed by atoms with van der Waals surface area (Å²) >= 11 is 0. The maximum atomic E-state index is 13.0. The Labute approximate surface area is 210 Å². The molecule has 0 aliphatic carbocycles. The fourth-order valence-corrected chi connectivity index (χ4v) is 4.46. The Morgan fingerprint density at radius 3 is 2.11 bits per heavy atom. The van der Waals surface area contributed by atoms with Crippen molar-refractivity contribution in [1.29, 1.82) is 0 Å². The highest BCUT2D eigenvalue weighted by molar-refractivity contribution is 7.91. The van der Waals surface area contributed by atoms with Crippen molar-refractivity contribution >= 4 is 27.1 Å². The van der Waals surface area contributed by atoms with Gasteiger partial charge in [-0.1, -0.05) is 24.3 Å². The number of sulfone groups is 1. The highest BCUT2D eigenvalue weighted by atomic mass is 32.2. The summed E-state index contributed by atoms with van der Waals surface area (Å²) in [6.45, 7) is 1.11. The second kappa shape index (κ2) is 12.2. The molecule has 0 atom stereocenters. The second-order valence-electron chi connectivity index (χ2n) is 8.64. The van der Waals surface area contributed by atoms with Crippen LogP contribution >= 0.6 is 0 Å². The van der Waals surface area contributed by atoms with E-state index in [2.05, 4.69) is 26.5 Å². The van der Waals surface area contributed by atoms with Crippen LogP contribution in [-0.4, -0.2) is 70.2 Å². The van der Waals surface area contributed by atoms with Gasteiger partial charge < -0.3 is 19.6 Å². The highest BCUT2D eigenvalue weighted by Gasteiger charge is 2.25. The molecule has 0 aliphatic rings. The maximum Gasteiger partial charge on any atom is 0.269 e. The lowest BCUT2D eigenvalue weighted by molar-refractivity contribution is -0.870. The molecule has 0 aliphatic heterocycles. The molecule has 0 bridgehead atoms. The van der Waals surface area contributed by atoms with Crippen molar-refractivity contribution < 1.29 is 32.5 Å². The number of methoxy groups -OCH3 is 1. The van der Waals surface area contributed by atoms with E-state index in [1.807, 2.05) is 0 Å². The molecule has 0 aromatic heterocycles. The number of nitrogens with one attached hydrogen (secondary N) is 1. The first-order valence-electron chi connectivity index (χ1n) is 10.8. The minimum Gasteiger partial charge on any atom is -0.495 e. The average Bonchev–Trinajstić information content (AvgIpc) is 2.84. The summed E-state index contributed by atoms with van der Waals surface area (Å²) in [6, 6.07) is 17.0. The summed E-state index contributed by atoms with van der Waals surface area (Å²) in [5.74, 6) is -0.202. The predicted molar refractivity (Wildman–Crippen MR) is 136 cm³/mol. The lowest BCUT2D eigenvalue weighted by Crippen LogP contribution is -2.36. The number of quaternary nitrogens is 1. The summed E-state index contributed by atoms with van der Waals surface area (Å²) in [5, 5.41) is 21.8. The SMILES string of the molecule is COc1ccccc1NC(=O)c1ccccc1S(=O)(=O)c1ccc([N+](=O)[O-])cc1.C[N+](C)(C)CCO. The smallest absolute Gasteiger partial charge is 0.269 e. The Morgan fingerprint density at radius 2 is 1.58 bits per heavy atom. The van der Waals surface area contributed by atoms with Gasteiger partial charge in [0.1, 0.15) is 12.3 Å². The molecule has 0 fully saturated rings. The maximum absolute atomic E-state index is 13.0. The van der Waals surface area contributed by atoms with Gasteiger partial charge in [-0.2, -0.15) is 0 Å². The van der Waals surface area contributed by atoms with E-state index in [0.29, 0.717) is 11.4 Å². The number of amides is 1. The number of carbonyl (C=O) groups excluding carboxylic acids is 1. The first-order chi connectivity index (χ1) is 16.9. The Hall–Kier alpha value is -3.80. The van der Waals surface area contributed by atoms with Crippen LogP contribution < -0.4 is 10.1 Å². The lowest BCUT2D eigenvalue weighted by Gasteiger charge is -2.21. The van der Waals surface area contributed by atoms with Gasteiger partial charge in [0.15, 0.2) is 0 Å². The average molecular weight is 517 g/mol. The molecule has 3 rings (SSSR count). The van der Waals surface area contributed by atoms with Crippen LogP contribution in [0.5, 0.6) is 5.75 Å². The van der Waals surface area contributed by atoms with E-state index in [-0.39, 0.29) is 27.6 Å². The van der Waals surface area contributed by atoms with Crippen molar-refractivity contribution in [3.05, 3.63) is 88.5 Å². The molecular weight excluding hydrogens is 486 g/mol. The number of likely N-dealkylation sites (N-methyl/N-ethyl adjacent to an activating group) is 1. The van der Waals surface area contributed by atoms with Crippen LogP contribution in [0, 0.1) is 10.1 Å². The molecule has 3 aromatic rings. The van der Waals surface area contributed by atoms with E-state index in [1.165, 1.54) is 25.3 Å². The Balaban J connectivity index is 0.000000572. The van der Waals surface area contributed by atoms with Gasteiger partial charge in [-0.05, 0) is 36.4 Å². The number of hydrogen-bond acceptors (Lipinski definition) is 7. The molecule has 1 amide bonds. The van der Waals surface area contributed by atoms with Gasteiger partial charge in [-0.25, -0.2) is 8.42 Å². The van der Waals surface area contributed by atoms with Crippen LogP contribution in [-0.2, 0) is 9.84 Å². The monoisotopic (exact) mass is 516 g/mol. The zero-order valence-electron chi connectivity index (χ0n) is 20.5. The van der Waals surface area contributed by atoms with Gasteiger partial charge in [-0.3, -0.25) is 14.9 Å². The fraction of sp³-hybridized carbons (Fsp3) is 0.240. The van der Waals surface area contributed by atoms with Gasteiger partial charge >= 0.3 is 0 Å². The summed E-state index contributed by atoms with van der Waals surface area (Å²) in [4.78, 5) is 22.6. The number of aliphatic hydroxyl groups excluding tert-OH is 1. The standard InChI is InChI=1S/C20H16N2O6S.C5H14NO/c1-28-18-8-4-3-7-17(18)21-20(23)16-6-2-5-9-19(16)29(26,27)15-12-10-14(11-13-15)22(24)25;1-6(2,3)4-5-7/h2-13H,1H3,(H,21,23);7H,4-5H2,1-3H3/q;+1. The van der Waals surface area contributed by atoms with Crippen LogP contribution in [0.25, 0.3) is 0 Å². The second-order valence-corrected chi connectivity index (χ2v) is 10.6. The molecule has 3 aromatic carbocycles. The zero-order valence-corrected chi connectivity index (χ0v) is 21.4. The van der Waals surface area contributed by atoms with Gasteiger partial charge in [0.2, 0.25) is 9.84 Å². The summed E-state index contributed by atoms with van der Waals surface area (Å²) in [7, 11) is 3.53. The number of carbonyl (C=O) groups is 1. The number of benzene rings is 3. The first-order valence-corrected chi connectivity index (χ1v) is 12.3. The van der Waals surface area contributed by atoms with Crippen molar-refractivity contribution in [2.75, 3.05) is 46.7 Å². The molecule has 0 heterocycles. The molecule has 0 radical (unpaired) electrons. The number of hydrogen-bond donors (Lipinski definition) is 2. The fourth-order valence-electron chi connectivity index (χ4n) is 3.00. The molecule has 0 spiro atoms. The number of ether oxygens (including phenoxy) is 1. The molecule has 2 N–H and O–H groups in total. The number of nitrogens with zero attached hydrogens (tertiary/aromatic N) is 2. The largest absolute Gasteiger partial charge is 0.495 e. The number of para-hydroxylation sites is 2. The molecule has 10 nitrogen and oxygen atoms in total. The minimum atomic E-state index is -4.08. The number of rotatable bonds is 8. The first kappa shape index (κ1) is 28.4. The quantitative estimate of drug-likeness (QED) is 0.266. The minimum absolute atomic E-state index is 0.0586.